The Morgan fingerprint density at radius 1 is 1.27 bits per heavy atom. The summed E-state index contributed by atoms with van der Waals surface area (Å²) in [4.78, 5) is 35.5. The van der Waals surface area contributed by atoms with Gasteiger partial charge in [0, 0.05) is 12.7 Å². The van der Waals surface area contributed by atoms with Crippen LogP contribution in [-0.2, 0) is 4.79 Å². The lowest BCUT2D eigenvalue weighted by Gasteiger charge is -2.36. The number of benzene rings is 1. The maximum absolute atomic E-state index is 13.1. The number of anilines is 1. The van der Waals surface area contributed by atoms with E-state index < -0.39 is 10.7 Å². The molecule has 1 aliphatic heterocycles. The fraction of sp³-hybridized carbons (Fsp3) is 0.333. The first-order valence-electron chi connectivity index (χ1n) is 12.2. The molecule has 10 heteroatoms. The number of nitrogens with one attached hydrogen (secondary N) is 3. The van der Waals surface area contributed by atoms with Crippen molar-refractivity contribution in [3.05, 3.63) is 76.6 Å². The van der Waals surface area contributed by atoms with Gasteiger partial charge in [-0.2, -0.15) is 0 Å². The van der Waals surface area contributed by atoms with Crippen LogP contribution in [0.4, 0.5) is 10.2 Å². The molecule has 0 bridgehead atoms. The number of nitrogens with zero attached hydrogens (tertiary/aromatic N) is 2. The number of ether oxygens (including phenoxy) is 1. The average Bonchev–Trinajstić information content (AvgIpc) is 2.92. The highest BCUT2D eigenvalue weighted by Crippen LogP contribution is 2.30. The standard InChI is InChI=1S/C27H32FN5O3S/c1-4-37(29-3)24-14-20(15-31-27(24)35)19-6-5-13-33(17-19)18(2)26(34)32-25-12-11-23(16-30-25)36-22-9-7-21(28)8-10-22/h4,7-12,14-16,18-19,29H,5-6,13,17H2,1-3H3,(H,31,35)(H,30,32,34)/t18-,19+,37?/m1/s1. The summed E-state index contributed by atoms with van der Waals surface area (Å²) in [6.45, 7) is 5.38. The van der Waals surface area contributed by atoms with Gasteiger partial charge in [-0.05, 0) is 99.6 Å². The van der Waals surface area contributed by atoms with E-state index in [9.17, 15) is 14.0 Å². The lowest BCUT2D eigenvalue weighted by Crippen LogP contribution is -2.46. The molecular formula is C27H32FN5O3S. The number of piperidine rings is 1. The molecule has 3 aromatic rings. The van der Waals surface area contributed by atoms with Gasteiger partial charge < -0.3 is 15.0 Å². The third-order valence-corrected chi connectivity index (χ3v) is 8.16. The van der Waals surface area contributed by atoms with Crippen molar-refractivity contribution in [1.82, 2.24) is 19.6 Å². The first-order valence-corrected chi connectivity index (χ1v) is 13.5. The fourth-order valence-electron chi connectivity index (χ4n) is 4.41. The zero-order valence-corrected chi connectivity index (χ0v) is 22.0. The van der Waals surface area contributed by atoms with Crippen LogP contribution in [0.25, 0.3) is 0 Å². The molecule has 1 amide bonds. The second-order valence-corrected chi connectivity index (χ2v) is 10.8. The highest BCUT2D eigenvalue weighted by molar-refractivity contribution is 8.13. The quantitative estimate of drug-likeness (QED) is 0.375. The van der Waals surface area contributed by atoms with Crippen LogP contribution in [0.3, 0.4) is 0 Å². The summed E-state index contributed by atoms with van der Waals surface area (Å²) in [6, 6.07) is 10.7. The molecule has 0 aliphatic carbocycles. The smallest absolute Gasteiger partial charge is 0.262 e. The zero-order chi connectivity index (χ0) is 26.4. The van der Waals surface area contributed by atoms with Crippen molar-refractivity contribution >= 4 is 27.8 Å². The summed E-state index contributed by atoms with van der Waals surface area (Å²) in [7, 11) is 1.43. The maximum atomic E-state index is 13.1. The van der Waals surface area contributed by atoms with Crippen molar-refractivity contribution in [2.24, 2.45) is 0 Å². The Labute approximate surface area is 218 Å². The number of amides is 1. The number of hydrogen-bond acceptors (Lipinski definition) is 6. The molecule has 3 atom stereocenters. The van der Waals surface area contributed by atoms with Crippen molar-refractivity contribution in [1.29, 1.82) is 0 Å². The molecule has 1 fully saturated rings. The minimum Gasteiger partial charge on any atom is -0.456 e. The number of aromatic nitrogens is 2. The minimum atomic E-state index is -0.418. The van der Waals surface area contributed by atoms with Crippen molar-refractivity contribution in [2.45, 2.75) is 43.5 Å². The van der Waals surface area contributed by atoms with Gasteiger partial charge in [0.15, 0.2) is 0 Å². The summed E-state index contributed by atoms with van der Waals surface area (Å²) < 4.78 is 21.9. The molecule has 1 saturated heterocycles. The molecule has 196 valence electrons. The molecule has 0 spiro atoms. The zero-order valence-electron chi connectivity index (χ0n) is 21.2. The van der Waals surface area contributed by atoms with E-state index in [1.807, 2.05) is 32.3 Å². The lowest BCUT2D eigenvalue weighted by atomic mass is 9.91. The van der Waals surface area contributed by atoms with E-state index >= 15 is 0 Å². The number of likely N-dealkylation sites (tertiary alicyclic amines) is 1. The van der Waals surface area contributed by atoms with Crippen molar-refractivity contribution < 1.29 is 13.9 Å². The number of halogens is 1. The fourth-order valence-corrected chi connectivity index (χ4v) is 5.64. The Kier molecular flexibility index (Phi) is 8.86. The molecule has 1 aromatic carbocycles. The third kappa shape index (κ3) is 6.71. The van der Waals surface area contributed by atoms with Crippen molar-refractivity contribution in [3.8, 4) is 11.5 Å². The van der Waals surface area contributed by atoms with Crippen LogP contribution >= 0.6 is 10.7 Å². The summed E-state index contributed by atoms with van der Waals surface area (Å²) in [5, 5.41) is 4.87. The first-order chi connectivity index (χ1) is 17.9. The Bertz CT molecular complexity index is 1310. The molecular weight excluding hydrogens is 493 g/mol. The molecule has 1 aliphatic rings. The second-order valence-electron chi connectivity index (χ2n) is 8.84. The van der Waals surface area contributed by atoms with Crippen molar-refractivity contribution in [2.75, 3.05) is 25.5 Å². The molecule has 1 unspecified atom stereocenters. The number of H-pyrrole nitrogens is 1. The van der Waals surface area contributed by atoms with Crippen LogP contribution in [0, 0.1) is 5.82 Å². The highest BCUT2D eigenvalue weighted by Gasteiger charge is 2.29. The van der Waals surface area contributed by atoms with Gasteiger partial charge in [0.1, 0.15) is 23.1 Å². The number of carbonyl (C=O) groups is 1. The predicted octanol–water partition coefficient (Wildman–Crippen LogP) is 4.49. The van der Waals surface area contributed by atoms with Crippen LogP contribution in [-0.4, -0.2) is 52.3 Å². The maximum Gasteiger partial charge on any atom is 0.262 e. The summed E-state index contributed by atoms with van der Waals surface area (Å²) >= 11 is 0. The Morgan fingerprint density at radius 3 is 2.70 bits per heavy atom. The van der Waals surface area contributed by atoms with Gasteiger partial charge in [0.05, 0.1) is 17.1 Å². The molecule has 37 heavy (non-hydrogen) atoms. The second kappa shape index (κ2) is 12.3. The summed E-state index contributed by atoms with van der Waals surface area (Å²) in [5.41, 5.74) is 1.00. The molecule has 2 aromatic heterocycles. The first kappa shape index (κ1) is 26.7. The van der Waals surface area contributed by atoms with Gasteiger partial charge in [-0.3, -0.25) is 19.2 Å². The lowest BCUT2D eigenvalue weighted by molar-refractivity contribution is -0.121. The van der Waals surface area contributed by atoms with Crippen LogP contribution in [0.5, 0.6) is 11.5 Å². The monoisotopic (exact) mass is 525 g/mol. The third-order valence-electron chi connectivity index (χ3n) is 6.47. The topological polar surface area (TPSA) is 99.3 Å². The Balaban J connectivity index is 1.38. The SMILES string of the molecule is C/C=S(/NC)c1cc([C@H]2CCCN([C@H](C)C(=O)Nc3ccc(Oc4ccc(F)cc4)cn3)C2)c[nH]c1=O. The average molecular weight is 526 g/mol. The summed E-state index contributed by atoms with van der Waals surface area (Å²) in [6.07, 6.45) is 5.27. The highest BCUT2D eigenvalue weighted by atomic mass is 32.2. The Hall–Kier alpha value is -3.34. The van der Waals surface area contributed by atoms with Gasteiger partial charge in [0.2, 0.25) is 5.91 Å². The predicted molar refractivity (Wildman–Crippen MR) is 146 cm³/mol. The molecule has 4 rings (SSSR count). The number of aromatic amines is 1. The van der Waals surface area contributed by atoms with E-state index in [2.05, 4.69) is 24.9 Å². The van der Waals surface area contributed by atoms with E-state index in [4.69, 9.17) is 4.74 Å². The molecule has 3 N–H and O–H groups in total. The van der Waals surface area contributed by atoms with E-state index in [-0.39, 0.29) is 29.2 Å². The Morgan fingerprint density at radius 2 is 2.03 bits per heavy atom. The van der Waals surface area contributed by atoms with E-state index in [0.29, 0.717) is 17.3 Å². The summed E-state index contributed by atoms with van der Waals surface area (Å²) in [5.74, 6) is 1.16. The molecule has 0 radical (unpaired) electrons. The minimum absolute atomic E-state index is 0.0819. The van der Waals surface area contributed by atoms with Gasteiger partial charge in [-0.15, -0.1) is 0 Å². The number of pyridine rings is 2. The van der Waals surface area contributed by atoms with Crippen LogP contribution in [0.2, 0.25) is 0 Å². The number of carbonyl (C=O) groups excluding carboxylic acids is 1. The molecule has 3 heterocycles. The number of rotatable bonds is 8. The molecule has 0 saturated carbocycles. The van der Waals surface area contributed by atoms with Gasteiger partial charge in [0.25, 0.3) is 5.56 Å². The van der Waals surface area contributed by atoms with Gasteiger partial charge in [-0.1, -0.05) is 10.7 Å². The van der Waals surface area contributed by atoms with Crippen LogP contribution in [0.1, 0.15) is 38.2 Å². The van der Waals surface area contributed by atoms with E-state index in [1.54, 1.807) is 18.3 Å². The van der Waals surface area contributed by atoms with E-state index in [0.717, 1.165) is 36.4 Å². The van der Waals surface area contributed by atoms with Crippen LogP contribution in [0.15, 0.2) is 64.5 Å². The van der Waals surface area contributed by atoms with Crippen molar-refractivity contribution in [3.63, 3.8) is 0 Å². The van der Waals surface area contributed by atoms with Gasteiger partial charge >= 0.3 is 0 Å². The van der Waals surface area contributed by atoms with E-state index in [1.165, 1.54) is 30.5 Å². The largest absolute Gasteiger partial charge is 0.456 e. The molecule has 8 nitrogen and oxygen atoms in total. The normalized spacial score (nSPS) is 17.8. The number of hydrogen-bond donors (Lipinski definition) is 3. The van der Waals surface area contributed by atoms with Gasteiger partial charge in [-0.25, -0.2) is 9.37 Å². The van der Waals surface area contributed by atoms with Crippen LogP contribution < -0.4 is 20.3 Å².